The van der Waals surface area contributed by atoms with Crippen LogP contribution in [-0.2, 0) is 4.79 Å². The maximum Gasteiger partial charge on any atom is 0.245 e. The lowest BCUT2D eigenvalue weighted by Crippen LogP contribution is -2.19. The lowest BCUT2D eigenvalue weighted by Gasteiger charge is -2.11. The number of amides is 1. The van der Waals surface area contributed by atoms with Gasteiger partial charge >= 0.3 is 0 Å². The molecule has 0 radical (unpaired) electrons. The number of aromatic nitrogens is 1. The molecule has 1 amide bonds. The minimum atomic E-state index is -0.684. The number of pyridine rings is 1. The highest BCUT2D eigenvalue weighted by Crippen LogP contribution is 2.39. The van der Waals surface area contributed by atoms with Crippen molar-refractivity contribution in [2.75, 3.05) is 5.32 Å². The summed E-state index contributed by atoms with van der Waals surface area (Å²) in [6.07, 6.45) is 1.69. The molecule has 2 heterocycles. The molecule has 3 N–H and O–H groups in total. The van der Waals surface area contributed by atoms with E-state index in [9.17, 15) is 4.79 Å². The minimum Gasteiger partial charge on any atom is -0.454 e. The van der Waals surface area contributed by atoms with Crippen molar-refractivity contribution in [3.8, 4) is 11.5 Å². The van der Waals surface area contributed by atoms with Crippen molar-refractivity contribution >= 4 is 23.2 Å². The first kappa shape index (κ1) is 12.9. The number of hydrogen-bond acceptors (Lipinski definition) is 4. The molecule has 0 saturated carbocycles. The van der Waals surface area contributed by atoms with E-state index in [2.05, 4.69) is 10.3 Å². The highest BCUT2D eigenvalue weighted by atomic mass is 35.5. The lowest BCUT2D eigenvalue weighted by molar-refractivity contribution is -0.116. The van der Waals surface area contributed by atoms with Gasteiger partial charge in [0, 0.05) is 23.5 Å². The highest BCUT2D eigenvalue weighted by Gasteiger charge is 2.28. The van der Waals surface area contributed by atoms with E-state index in [0.717, 1.165) is 5.69 Å². The quantitative estimate of drug-likeness (QED) is 0.891. The number of carbonyl (C=O) groups is 1. The average molecular weight is 290 g/mol. The molecular formula is C14H12ClN3O2. The molecule has 1 aromatic carbocycles. The molecule has 1 aliphatic rings. The Kier molecular flexibility index (Phi) is 3.08. The summed E-state index contributed by atoms with van der Waals surface area (Å²) in [4.78, 5) is 15.7. The summed E-state index contributed by atoms with van der Waals surface area (Å²) in [5.41, 5.74) is 7.82. The second-order valence-corrected chi connectivity index (χ2v) is 4.93. The number of rotatable bonds is 2. The van der Waals surface area contributed by atoms with Gasteiger partial charge in [-0.05, 0) is 25.1 Å². The van der Waals surface area contributed by atoms with Gasteiger partial charge in [0.25, 0.3) is 0 Å². The number of nitrogens with zero attached hydrogens (tertiary/aromatic N) is 1. The molecule has 102 valence electrons. The van der Waals surface area contributed by atoms with Crippen molar-refractivity contribution < 1.29 is 9.53 Å². The van der Waals surface area contributed by atoms with Crippen LogP contribution in [0.15, 0.2) is 30.5 Å². The maximum absolute atomic E-state index is 11.5. The molecular weight excluding hydrogens is 278 g/mol. The number of anilines is 1. The van der Waals surface area contributed by atoms with Crippen LogP contribution in [0.2, 0.25) is 5.02 Å². The summed E-state index contributed by atoms with van der Waals surface area (Å²) in [6, 6.07) is 6.23. The van der Waals surface area contributed by atoms with Gasteiger partial charge in [0.05, 0.1) is 10.7 Å². The smallest absolute Gasteiger partial charge is 0.245 e. The van der Waals surface area contributed by atoms with Crippen molar-refractivity contribution in [3.05, 3.63) is 46.7 Å². The SMILES string of the molecule is Cc1ncccc1Oc1cc2c(cc1Cl)C(N)C(=O)N2. The maximum atomic E-state index is 11.5. The van der Waals surface area contributed by atoms with Crippen LogP contribution in [-0.4, -0.2) is 10.9 Å². The lowest BCUT2D eigenvalue weighted by atomic mass is 10.1. The van der Waals surface area contributed by atoms with Crippen molar-refractivity contribution in [3.63, 3.8) is 0 Å². The Hall–Kier alpha value is -2.11. The van der Waals surface area contributed by atoms with Gasteiger partial charge in [0.1, 0.15) is 17.5 Å². The Bertz CT molecular complexity index is 703. The molecule has 0 bridgehead atoms. The number of ether oxygens (including phenoxy) is 1. The van der Waals surface area contributed by atoms with E-state index in [4.69, 9.17) is 22.1 Å². The van der Waals surface area contributed by atoms with Crippen molar-refractivity contribution in [1.82, 2.24) is 4.98 Å². The standard InChI is InChI=1S/C14H12ClN3O2/c1-7-11(3-2-4-17-7)20-12-6-10-8(5-9(12)15)13(16)14(19)18-10/h2-6,13H,16H2,1H3,(H,18,19). The molecule has 1 atom stereocenters. The van der Waals surface area contributed by atoms with E-state index in [1.807, 2.05) is 6.92 Å². The summed E-state index contributed by atoms with van der Waals surface area (Å²) < 4.78 is 5.75. The van der Waals surface area contributed by atoms with Gasteiger partial charge in [0.2, 0.25) is 5.91 Å². The first-order chi connectivity index (χ1) is 9.56. The average Bonchev–Trinajstić information content (AvgIpc) is 2.69. The summed E-state index contributed by atoms with van der Waals surface area (Å²) >= 11 is 6.18. The van der Waals surface area contributed by atoms with Crippen LogP contribution in [0.1, 0.15) is 17.3 Å². The number of carbonyl (C=O) groups excluding carboxylic acids is 1. The fraction of sp³-hybridized carbons (Fsp3) is 0.143. The van der Waals surface area contributed by atoms with E-state index in [0.29, 0.717) is 27.8 Å². The van der Waals surface area contributed by atoms with Gasteiger partial charge in [-0.1, -0.05) is 11.6 Å². The zero-order valence-corrected chi connectivity index (χ0v) is 11.4. The fourth-order valence-corrected chi connectivity index (χ4v) is 2.27. The van der Waals surface area contributed by atoms with Crippen LogP contribution in [0, 0.1) is 6.92 Å². The highest BCUT2D eigenvalue weighted by molar-refractivity contribution is 6.32. The predicted octanol–water partition coefficient (Wildman–Crippen LogP) is 2.79. The summed E-state index contributed by atoms with van der Waals surface area (Å²) in [5.74, 6) is 0.824. The summed E-state index contributed by atoms with van der Waals surface area (Å²) in [7, 11) is 0. The third-order valence-electron chi connectivity index (χ3n) is 3.16. The Morgan fingerprint density at radius 2 is 2.20 bits per heavy atom. The van der Waals surface area contributed by atoms with E-state index >= 15 is 0 Å². The summed E-state index contributed by atoms with van der Waals surface area (Å²) in [5, 5.41) is 3.10. The van der Waals surface area contributed by atoms with Gasteiger partial charge in [0.15, 0.2) is 0 Å². The number of fused-ring (bicyclic) bond motifs is 1. The van der Waals surface area contributed by atoms with Gasteiger partial charge in [-0.25, -0.2) is 0 Å². The van der Waals surface area contributed by atoms with Gasteiger partial charge in [-0.2, -0.15) is 0 Å². The predicted molar refractivity (Wildman–Crippen MR) is 76.1 cm³/mol. The molecule has 6 heteroatoms. The van der Waals surface area contributed by atoms with Crippen molar-refractivity contribution in [2.45, 2.75) is 13.0 Å². The number of aryl methyl sites for hydroxylation is 1. The first-order valence-corrected chi connectivity index (χ1v) is 6.43. The number of benzene rings is 1. The second-order valence-electron chi connectivity index (χ2n) is 4.53. The molecule has 1 aliphatic heterocycles. The Morgan fingerprint density at radius 3 is 2.95 bits per heavy atom. The van der Waals surface area contributed by atoms with E-state index in [-0.39, 0.29) is 5.91 Å². The van der Waals surface area contributed by atoms with Crippen molar-refractivity contribution in [2.24, 2.45) is 5.73 Å². The fourth-order valence-electron chi connectivity index (χ4n) is 2.06. The van der Waals surface area contributed by atoms with Gasteiger partial charge in [-0.3, -0.25) is 9.78 Å². The largest absolute Gasteiger partial charge is 0.454 e. The molecule has 3 rings (SSSR count). The Morgan fingerprint density at radius 1 is 1.40 bits per heavy atom. The molecule has 20 heavy (non-hydrogen) atoms. The molecule has 0 fully saturated rings. The molecule has 2 aromatic rings. The number of halogens is 1. The van der Waals surface area contributed by atoms with Gasteiger partial charge < -0.3 is 15.8 Å². The molecule has 1 aromatic heterocycles. The third-order valence-corrected chi connectivity index (χ3v) is 3.45. The molecule has 0 spiro atoms. The van der Waals surface area contributed by atoms with Crippen LogP contribution in [0.4, 0.5) is 5.69 Å². The number of nitrogens with two attached hydrogens (primary N) is 1. The van der Waals surface area contributed by atoms with E-state index < -0.39 is 6.04 Å². The van der Waals surface area contributed by atoms with Crippen LogP contribution in [0.25, 0.3) is 0 Å². The van der Waals surface area contributed by atoms with Crippen molar-refractivity contribution in [1.29, 1.82) is 0 Å². The zero-order chi connectivity index (χ0) is 14.3. The van der Waals surface area contributed by atoms with Crippen LogP contribution < -0.4 is 15.8 Å². The normalized spacial score (nSPS) is 16.8. The van der Waals surface area contributed by atoms with Gasteiger partial charge in [-0.15, -0.1) is 0 Å². The molecule has 0 aliphatic carbocycles. The molecule has 0 saturated heterocycles. The van der Waals surface area contributed by atoms with Crippen LogP contribution in [0.3, 0.4) is 0 Å². The molecule has 1 unspecified atom stereocenters. The van der Waals surface area contributed by atoms with E-state index in [1.165, 1.54) is 0 Å². The van der Waals surface area contributed by atoms with Crippen LogP contribution in [0.5, 0.6) is 11.5 Å². The van der Waals surface area contributed by atoms with E-state index in [1.54, 1.807) is 30.5 Å². The summed E-state index contributed by atoms with van der Waals surface area (Å²) in [6.45, 7) is 1.84. The first-order valence-electron chi connectivity index (χ1n) is 6.05. The Labute approximate surface area is 120 Å². The monoisotopic (exact) mass is 289 g/mol. The third kappa shape index (κ3) is 2.11. The minimum absolute atomic E-state index is 0.245. The number of hydrogen-bond donors (Lipinski definition) is 2. The zero-order valence-electron chi connectivity index (χ0n) is 10.7. The Balaban J connectivity index is 1.99. The number of nitrogens with one attached hydrogen (secondary N) is 1. The van der Waals surface area contributed by atoms with Crippen LogP contribution >= 0.6 is 11.6 Å². The second kappa shape index (κ2) is 4.77. The topological polar surface area (TPSA) is 77.2 Å². The molecule has 5 nitrogen and oxygen atoms in total.